The normalized spacial score (nSPS) is 41.1. The van der Waals surface area contributed by atoms with Crippen molar-refractivity contribution >= 4 is 11.8 Å². The van der Waals surface area contributed by atoms with Gasteiger partial charge in [-0.2, -0.15) is 0 Å². The molecule has 0 aromatic rings. The SMILES string of the molecule is NC1C2CCCOC2C1N1C(=O)CCCCC1=O. The molecule has 1 saturated carbocycles. The summed E-state index contributed by atoms with van der Waals surface area (Å²) in [6.45, 7) is 0.723. The lowest BCUT2D eigenvalue weighted by Crippen LogP contribution is -2.73. The quantitative estimate of drug-likeness (QED) is 0.686. The van der Waals surface area contributed by atoms with Gasteiger partial charge in [0.15, 0.2) is 0 Å². The first kappa shape index (κ1) is 12.1. The summed E-state index contributed by atoms with van der Waals surface area (Å²) in [7, 11) is 0. The Morgan fingerprint density at radius 3 is 2.44 bits per heavy atom. The smallest absolute Gasteiger partial charge is 0.229 e. The zero-order chi connectivity index (χ0) is 12.7. The summed E-state index contributed by atoms with van der Waals surface area (Å²) >= 11 is 0. The van der Waals surface area contributed by atoms with Crippen molar-refractivity contribution in [1.82, 2.24) is 4.90 Å². The van der Waals surface area contributed by atoms with Crippen LogP contribution in [0.15, 0.2) is 0 Å². The molecular formula is C13H20N2O3. The third kappa shape index (κ3) is 1.77. The third-order valence-corrected chi connectivity index (χ3v) is 4.51. The summed E-state index contributed by atoms with van der Waals surface area (Å²) in [5.74, 6) is 0.198. The highest BCUT2D eigenvalue weighted by molar-refractivity contribution is 5.96. The number of hydrogen-bond donors (Lipinski definition) is 1. The van der Waals surface area contributed by atoms with Crippen LogP contribution >= 0.6 is 0 Å². The van der Waals surface area contributed by atoms with Gasteiger partial charge in [0.05, 0.1) is 12.1 Å². The molecule has 2 heterocycles. The Bertz CT molecular complexity index is 353. The van der Waals surface area contributed by atoms with Crippen LogP contribution in [-0.2, 0) is 14.3 Å². The van der Waals surface area contributed by atoms with E-state index in [1.54, 1.807) is 0 Å². The van der Waals surface area contributed by atoms with E-state index >= 15 is 0 Å². The Labute approximate surface area is 107 Å². The highest BCUT2D eigenvalue weighted by atomic mass is 16.5. The van der Waals surface area contributed by atoms with Gasteiger partial charge in [0.25, 0.3) is 0 Å². The Morgan fingerprint density at radius 2 is 1.78 bits per heavy atom. The van der Waals surface area contributed by atoms with E-state index in [1.807, 2.05) is 0 Å². The van der Waals surface area contributed by atoms with E-state index in [1.165, 1.54) is 4.90 Å². The second-order valence-electron chi connectivity index (χ2n) is 5.57. The number of carbonyl (C=O) groups excluding carboxylic acids is 2. The molecule has 5 nitrogen and oxygen atoms in total. The Morgan fingerprint density at radius 1 is 1.11 bits per heavy atom. The van der Waals surface area contributed by atoms with Crippen LogP contribution in [0.25, 0.3) is 0 Å². The standard InChI is InChI=1S/C13H20N2O3/c14-11-8-4-3-7-18-13(8)12(11)15-9(16)5-1-2-6-10(15)17/h8,11-13H,1-7,14H2. The van der Waals surface area contributed by atoms with Crippen LogP contribution in [0.5, 0.6) is 0 Å². The number of ether oxygens (including phenoxy) is 1. The molecule has 0 aromatic carbocycles. The molecule has 2 aliphatic heterocycles. The summed E-state index contributed by atoms with van der Waals surface area (Å²) in [5, 5.41) is 0. The fourth-order valence-corrected chi connectivity index (χ4v) is 3.50. The molecule has 3 rings (SSSR count). The maximum atomic E-state index is 12.1. The van der Waals surface area contributed by atoms with Crippen LogP contribution in [-0.4, -0.2) is 41.5 Å². The molecule has 0 radical (unpaired) electrons. The van der Waals surface area contributed by atoms with Crippen molar-refractivity contribution < 1.29 is 14.3 Å². The second kappa shape index (κ2) is 4.63. The zero-order valence-electron chi connectivity index (χ0n) is 10.5. The lowest BCUT2D eigenvalue weighted by Gasteiger charge is -2.55. The van der Waals surface area contributed by atoms with Crippen molar-refractivity contribution in [3.8, 4) is 0 Å². The van der Waals surface area contributed by atoms with E-state index in [-0.39, 0.29) is 30.0 Å². The summed E-state index contributed by atoms with van der Waals surface area (Å²) < 4.78 is 5.72. The number of hydrogen-bond acceptors (Lipinski definition) is 4. The molecule has 3 aliphatic rings. The van der Waals surface area contributed by atoms with Gasteiger partial charge >= 0.3 is 0 Å². The minimum absolute atomic E-state index is 0.0141. The molecule has 0 bridgehead atoms. The first-order chi connectivity index (χ1) is 8.70. The van der Waals surface area contributed by atoms with Crippen LogP contribution in [0, 0.1) is 5.92 Å². The molecular weight excluding hydrogens is 232 g/mol. The lowest BCUT2D eigenvalue weighted by atomic mass is 9.68. The lowest BCUT2D eigenvalue weighted by molar-refractivity contribution is -0.177. The van der Waals surface area contributed by atoms with Crippen LogP contribution in [0.4, 0.5) is 0 Å². The maximum absolute atomic E-state index is 12.1. The van der Waals surface area contributed by atoms with Gasteiger partial charge in [0, 0.05) is 31.4 Å². The van der Waals surface area contributed by atoms with E-state index in [0.29, 0.717) is 18.8 Å². The van der Waals surface area contributed by atoms with Crippen molar-refractivity contribution in [2.45, 2.75) is 56.7 Å². The van der Waals surface area contributed by atoms with E-state index in [9.17, 15) is 9.59 Å². The van der Waals surface area contributed by atoms with Gasteiger partial charge in [0.1, 0.15) is 0 Å². The van der Waals surface area contributed by atoms with Crippen LogP contribution in [0.3, 0.4) is 0 Å². The van der Waals surface area contributed by atoms with E-state index < -0.39 is 0 Å². The number of carbonyl (C=O) groups is 2. The fraction of sp³-hybridized carbons (Fsp3) is 0.846. The molecule has 0 aromatic heterocycles. The van der Waals surface area contributed by atoms with Gasteiger partial charge in [-0.3, -0.25) is 14.5 Å². The number of amides is 2. The minimum Gasteiger partial charge on any atom is -0.376 e. The van der Waals surface area contributed by atoms with Crippen molar-refractivity contribution in [2.75, 3.05) is 6.61 Å². The molecule has 4 unspecified atom stereocenters. The largest absolute Gasteiger partial charge is 0.376 e. The van der Waals surface area contributed by atoms with Gasteiger partial charge < -0.3 is 10.5 Å². The van der Waals surface area contributed by atoms with Gasteiger partial charge in [-0.05, 0) is 25.7 Å². The Hall–Kier alpha value is -0.940. The highest BCUT2D eigenvalue weighted by Gasteiger charge is 2.55. The van der Waals surface area contributed by atoms with Gasteiger partial charge in [-0.1, -0.05) is 0 Å². The van der Waals surface area contributed by atoms with Crippen molar-refractivity contribution in [1.29, 1.82) is 0 Å². The number of imide groups is 1. The third-order valence-electron chi connectivity index (χ3n) is 4.51. The predicted octanol–water partition coefficient (Wildman–Crippen LogP) is 0.420. The molecule has 100 valence electrons. The maximum Gasteiger partial charge on any atom is 0.229 e. The minimum atomic E-state index is -0.214. The molecule has 1 aliphatic carbocycles. The first-order valence-corrected chi connectivity index (χ1v) is 6.92. The van der Waals surface area contributed by atoms with Crippen LogP contribution in [0.1, 0.15) is 38.5 Å². The summed E-state index contributed by atoms with van der Waals surface area (Å²) in [6.07, 6.45) is 4.61. The summed E-state index contributed by atoms with van der Waals surface area (Å²) in [4.78, 5) is 25.6. The number of likely N-dealkylation sites (tertiary alicyclic amines) is 1. The van der Waals surface area contributed by atoms with E-state index in [0.717, 1.165) is 32.3 Å². The van der Waals surface area contributed by atoms with Crippen LogP contribution < -0.4 is 5.73 Å². The zero-order valence-corrected chi connectivity index (χ0v) is 10.5. The highest BCUT2D eigenvalue weighted by Crippen LogP contribution is 2.40. The van der Waals surface area contributed by atoms with Gasteiger partial charge in [-0.25, -0.2) is 0 Å². The molecule has 2 amide bonds. The van der Waals surface area contributed by atoms with Crippen molar-refractivity contribution in [3.63, 3.8) is 0 Å². The Balaban J connectivity index is 1.80. The van der Waals surface area contributed by atoms with E-state index in [4.69, 9.17) is 10.5 Å². The topological polar surface area (TPSA) is 72.6 Å². The van der Waals surface area contributed by atoms with Crippen molar-refractivity contribution in [3.05, 3.63) is 0 Å². The second-order valence-corrected chi connectivity index (χ2v) is 5.57. The fourth-order valence-electron chi connectivity index (χ4n) is 3.50. The predicted molar refractivity (Wildman–Crippen MR) is 64.5 cm³/mol. The van der Waals surface area contributed by atoms with Crippen molar-refractivity contribution in [2.24, 2.45) is 11.7 Å². The summed E-state index contributed by atoms with van der Waals surface area (Å²) in [6, 6.07) is -0.310. The molecule has 4 atom stereocenters. The molecule has 5 heteroatoms. The average Bonchev–Trinajstić information content (AvgIpc) is 2.53. The number of rotatable bonds is 1. The molecule has 2 saturated heterocycles. The van der Waals surface area contributed by atoms with Gasteiger partial charge in [0.2, 0.25) is 11.8 Å². The Kier molecular flexibility index (Phi) is 3.11. The van der Waals surface area contributed by atoms with E-state index in [2.05, 4.69) is 0 Å². The molecule has 0 spiro atoms. The number of fused-ring (bicyclic) bond motifs is 1. The number of nitrogens with zero attached hydrogens (tertiary/aromatic N) is 1. The number of nitrogens with two attached hydrogens (primary N) is 1. The average molecular weight is 252 g/mol. The molecule has 18 heavy (non-hydrogen) atoms. The first-order valence-electron chi connectivity index (χ1n) is 6.92. The van der Waals surface area contributed by atoms with Gasteiger partial charge in [-0.15, -0.1) is 0 Å². The van der Waals surface area contributed by atoms with Crippen LogP contribution in [0.2, 0.25) is 0 Å². The monoisotopic (exact) mass is 252 g/mol. The molecule has 2 N–H and O–H groups in total. The summed E-state index contributed by atoms with van der Waals surface area (Å²) in [5.41, 5.74) is 6.16. The molecule has 3 fully saturated rings.